The van der Waals surface area contributed by atoms with Gasteiger partial charge in [-0.05, 0) is 54.0 Å². The van der Waals surface area contributed by atoms with Gasteiger partial charge in [-0.3, -0.25) is 9.78 Å². The lowest BCUT2D eigenvalue weighted by atomic mass is 10.2. The van der Waals surface area contributed by atoms with Gasteiger partial charge in [0.1, 0.15) is 17.2 Å². The van der Waals surface area contributed by atoms with E-state index in [0.29, 0.717) is 17.1 Å². The predicted octanol–water partition coefficient (Wildman–Crippen LogP) is 3.62. The van der Waals surface area contributed by atoms with Crippen molar-refractivity contribution >= 4 is 24.2 Å². The van der Waals surface area contributed by atoms with Crippen LogP contribution in [0.3, 0.4) is 0 Å². The first-order valence-corrected chi connectivity index (χ1v) is 8.96. The summed E-state index contributed by atoms with van der Waals surface area (Å²) in [5.41, 5.74) is 4.41. The molecule has 1 amide bonds. The molecule has 2 aromatic heterocycles. The van der Waals surface area contributed by atoms with Crippen molar-refractivity contribution in [2.45, 2.75) is 13.3 Å². The molecule has 0 fully saturated rings. The van der Waals surface area contributed by atoms with Crippen LogP contribution in [0.1, 0.15) is 34.3 Å². The van der Waals surface area contributed by atoms with Gasteiger partial charge in [0.25, 0.3) is 5.91 Å². The molecule has 0 aliphatic carbocycles. The Morgan fingerprint density at radius 2 is 2.10 bits per heavy atom. The minimum absolute atomic E-state index is 0.283. The molecular formula is C22H19N3O4. The van der Waals surface area contributed by atoms with E-state index in [1.54, 1.807) is 48.7 Å². The van der Waals surface area contributed by atoms with Crippen molar-refractivity contribution in [1.29, 1.82) is 0 Å². The van der Waals surface area contributed by atoms with Gasteiger partial charge in [0.2, 0.25) is 0 Å². The molecule has 0 aliphatic heterocycles. The van der Waals surface area contributed by atoms with Gasteiger partial charge in [0, 0.05) is 12.3 Å². The molecule has 146 valence electrons. The number of benzene rings is 1. The molecule has 1 N–H and O–H groups in total. The average molecular weight is 389 g/mol. The van der Waals surface area contributed by atoms with E-state index >= 15 is 0 Å². The van der Waals surface area contributed by atoms with Gasteiger partial charge >= 0.3 is 5.97 Å². The number of nitrogens with one attached hydrogen (secondary N) is 1. The molecule has 0 saturated carbocycles. The second-order valence-corrected chi connectivity index (χ2v) is 5.95. The normalized spacial score (nSPS) is 11.1. The summed E-state index contributed by atoms with van der Waals surface area (Å²) in [6.07, 6.45) is 8.28. The lowest BCUT2D eigenvalue weighted by Gasteiger charge is -2.02. The molecular weight excluding hydrogens is 370 g/mol. The Morgan fingerprint density at radius 1 is 1.21 bits per heavy atom. The number of carbonyl (C=O) groups is 2. The summed E-state index contributed by atoms with van der Waals surface area (Å²) >= 11 is 0. The van der Waals surface area contributed by atoms with Crippen LogP contribution < -0.4 is 10.2 Å². The molecule has 0 radical (unpaired) electrons. The Morgan fingerprint density at radius 3 is 2.83 bits per heavy atom. The highest BCUT2D eigenvalue weighted by Gasteiger charge is 2.05. The van der Waals surface area contributed by atoms with Crippen LogP contribution in [0, 0.1) is 0 Å². The third-order valence-electron chi connectivity index (χ3n) is 3.85. The predicted molar refractivity (Wildman–Crippen MR) is 108 cm³/mol. The van der Waals surface area contributed by atoms with Gasteiger partial charge in [0.15, 0.2) is 0 Å². The molecule has 7 heteroatoms. The second-order valence-electron chi connectivity index (χ2n) is 5.95. The van der Waals surface area contributed by atoms with Crippen LogP contribution in [0.25, 0.3) is 6.08 Å². The van der Waals surface area contributed by atoms with E-state index in [0.717, 1.165) is 12.0 Å². The monoisotopic (exact) mass is 389 g/mol. The van der Waals surface area contributed by atoms with E-state index in [9.17, 15) is 9.59 Å². The highest BCUT2D eigenvalue weighted by Crippen LogP contribution is 2.13. The number of hydrazone groups is 1. The highest BCUT2D eigenvalue weighted by atomic mass is 16.5. The number of hydrogen-bond acceptors (Lipinski definition) is 6. The van der Waals surface area contributed by atoms with Crippen LogP contribution >= 0.6 is 0 Å². The maximum Gasteiger partial charge on any atom is 0.336 e. The fraction of sp³-hybridized carbons (Fsp3) is 0.0909. The molecule has 2 heterocycles. The topological polar surface area (TPSA) is 93.8 Å². The zero-order chi connectivity index (χ0) is 20.5. The molecule has 29 heavy (non-hydrogen) atoms. The van der Waals surface area contributed by atoms with Crippen LogP contribution in [-0.4, -0.2) is 23.1 Å². The number of aryl methyl sites for hydroxylation is 1. The van der Waals surface area contributed by atoms with E-state index in [-0.39, 0.29) is 5.69 Å². The van der Waals surface area contributed by atoms with E-state index < -0.39 is 11.9 Å². The summed E-state index contributed by atoms with van der Waals surface area (Å²) in [5.74, 6) is -0.0384. The molecule has 3 rings (SSSR count). The van der Waals surface area contributed by atoms with E-state index in [2.05, 4.69) is 15.5 Å². The van der Waals surface area contributed by atoms with Crippen molar-refractivity contribution in [3.8, 4) is 5.75 Å². The fourth-order valence-corrected chi connectivity index (χ4v) is 2.34. The number of aromatic nitrogens is 1. The number of ether oxygens (including phenoxy) is 1. The van der Waals surface area contributed by atoms with Gasteiger partial charge < -0.3 is 9.15 Å². The lowest BCUT2D eigenvalue weighted by Crippen LogP contribution is -2.18. The van der Waals surface area contributed by atoms with Gasteiger partial charge in [0.05, 0.1) is 12.5 Å². The summed E-state index contributed by atoms with van der Waals surface area (Å²) < 4.78 is 10.4. The zero-order valence-corrected chi connectivity index (χ0v) is 15.7. The summed E-state index contributed by atoms with van der Waals surface area (Å²) in [5, 5.41) is 3.92. The number of nitrogens with zero attached hydrogens (tertiary/aromatic N) is 2. The molecule has 3 aromatic rings. The van der Waals surface area contributed by atoms with Gasteiger partial charge in [-0.25, -0.2) is 10.2 Å². The average Bonchev–Trinajstić information content (AvgIpc) is 3.26. The maximum absolute atomic E-state index is 12.0. The van der Waals surface area contributed by atoms with Crippen LogP contribution in [0.4, 0.5) is 0 Å². The molecule has 0 aliphatic rings. The molecule has 0 unspecified atom stereocenters. The summed E-state index contributed by atoms with van der Waals surface area (Å²) in [4.78, 5) is 28.0. The van der Waals surface area contributed by atoms with Crippen LogP contribution in [-0.2, 0) is 11.2 Å². The number of rotatable bonds is 7. The van der Waals surface area contributed by atoms with Crippen molar-refractivity contribution in [2.75, 3.05) is 0 Å². The van der Waals surface area contributed by atoms with E-state index in [4.69, 9.17) is 9.15 Å². The number of carbonyl (C=O) groups excluding carboxylic acids is 2. The van der Waals surface area contributed by atoms with Gasteiger partial charge in [-0.15, -0.1) is 0 Å². The Hall–Kier alpha value is -4.00. The summed E-state index contributed by atoms with van der Waals surface area (Å²) in [6, 6.07) is 13.7. The van der Waals surface area contributed by atoms with E-state index in [1.807, 2.05) is 13.0 Å². The SMILES string of the molecule is CCc1ccc(C(=O)NN=Cc2cccc(OC(=O)C=Cc3ccco3)c2)nc1. The lowest BCUT2D eigenvalue weighted by molar-refractivity contribution is -0.128. The highest BCUT2D eigenvalue weighted by molar-refractivity contribution is 5.93. The van der Waals surface area contributed by atoms with Crippen LogP contribution in [0.5, 0.6) is 5.75 Å². The number of furan rings is 1. The molecule has 7 nitrogen and oxygen atoms in total. The number of esters is 1. The summed E-state index contributed by atoms with van der Waals surface area (Å²) in [6.45, 7) is 2.02. The molecule has 0 spiro atoms. The first-order chi connectivity index (χ1) is 14.1. The minimum atomic E-state index is -0.537. The summed E-state index contributed by atoms with van der Waals surface area (Å²) in [7, 11) is 0. The third-order valence-corrected chi connectivity index (χ3v) is 3.85. The van der Waals surface area contributed by atoms with Crippen molar-refractivity contribution < 1.29 is 18.7 Å². The Labute approximate surface area is 167 Å². The Balaban J connectivity index is 1.55. The molecule has 0 atom stereocenters. The smallest absolute Gasteiger partial charge is 0.336 e. The number of hydrogen-bond donors (Lipinski definition) is 1. The maximum atomic E-state index is 12.0. The van der Waals surface area contributed by atoms with E-state index in [1.165, 1.54) is 24.6 Å². The largest absolute Gasteiger partial charge is 0.465 e. The van der Waals surface area contributed by atoms with Crippen LogP contribution in [0.2, 0.25) is 0 Å². The van der Waals surface area contributed by atoms with Crippen molar-refractivity contribution in [3.05, 3.63) is 89.6 Å². The van der Waals surface area contributed by atoms with Crippen LogP contribution in [0.15, 0.2) is 76.6 Å². The quantitative estimate of drug-likeness (QED) is 0.219. The zero-order valence-electron chi connectivity index (χ0n) is 15.7. The molecule has 0 saturated heterocycles. The van der Waals surface area contributed by atoms with Gasteiger partial charge in [-0.2, -0.15) is 5.10 Å². The van der Waals surface area contributed by atoms with Crippen molar-refractivity contribution in [2.24, 2.45) is 5.10 Å². The Bertz CT molecular complexity index is 1020. The number of pyridine rings is 1. The molecule has 0 bridgehead atoms. The molecule has 1 aromatic carbocycles. The van der Waals surface area contributed by atoms with Crippen molar-refractivity contribution in [3.63, 3.8) is 0 Å². The minimum Gasteiger partial charge on any atom is -0.465 e. The second kappa shape index (κ2) is 9.80. The number of amides is 1. The standard InChI is InChI=1S/C22H19N3O4/c1-2-16-8-10-20(23-14-16)22(27)25-24-15-17-5-3-6-19(13-17)29-21(26)11-9-18-7-4-12-28-18/h3-15H,2H2,1H3,(H,25,27). The van der Waals surface area contributed by atoms with Gasteiger partial charge in [-0.1, -0.05) is 25.1 Å². The Kier molecular flexibility index (Phi) is 6.67. The first-order valence-electron chi connectivity index (χ1n) is 8.96. The first kappa shape index (κ1) is 19.8. The fourth-order valence-electron chi connectivity index (χ4n) is 2.34. The third kappa shape index (κ3) is 6.00. The van der Waals surface area contributed by atoms with Crippen molar-refractivity contribution in [1.82, 2.24) is 10.4 Å².